The van der Waals surface area contributed by atoms with E-state index >= 15 is 0 Å². The van der Waals surface area contributed by atoms with E-state index in [-0.39, 0.29) is 14.9 Å². The van der Waals surface area contributed by atoms with Crippen molar-refractivity contribution in [1.82, 2.24) is 0 Å². The SMILES string of the molecule is C.C.CCCCCc1ccc2c(c1)sc1c2sc2c3ccc(CCCCC)cc3sc21.CCCCCc1ccc2c(c1)sc1c2sc2sc3cc(CCCCC)ccc3c21.CCCCCc1ccc2cc3c(cc2c1)sc1c3sc2sc3cc4cc(CCCCC)ccc4cc3c21. The molecule has 0 radical (unpaired) electrons. The number of rotatable bonds is 24. The van der Waals surface area contributed by atoms with Crippen LogP contribution in [0.2, 0.25) is 0 Å². The van der Waals surface area contributed by atoms with E-state index in [4.69, 9.17) is 0 Å². The molecule has 17 rings (SSSR count). The average molecular weight is 1440 g/mol. The predicted octanol–water partition coefficient (Wildman–Crippen LogP) is 33.4. The molecule has 17 aromatic rings. The Balaban J connectivity index is 0.000000131. The zero-order valence-electron chi connectivity index (χ0n) is 56.3. The van der Waals surface area contributed by atoms with E-state index in [1.807, 2.05) is 102 Å². The van der Waals surface area contributed by atoms with E-state index in [2.05, 4.69) is 175 Å². The van der Waals surface area contributed by atoms with Gasteiger partial charge in [-0.2, -0.15) is 0 Å². The third kappa shape index (κ3) is 14.4. The summed E-state index contributed by atoms with van der Waals surface area (Å²) in [5.74, 6) is 0. The summed E-state index contributed by atoms with van der Waals surface area (Å²) in [6.45, 7) is 13.7. The van der Waals surface area contributed by atoms with E-state index < -0.39 is 0 Å². The molecule has 97 heavy (non-hydrogen) atoms. The van der Waals surface area contributed by atoms with Gasteiger partial charge in [-0.25, -0.2) is 0 Å². The molecule has 0 aliphatic rings. The van der Waals surface area contributed by atoms with Gasteiger partial charge >= 0.3 is 0 Å². The first-order chi connectivity index (χ1) is 46.8. The summed E-state index contributed by atoms with van der Waals surface area (Å²) < 4.78 is 23.7. The molecule has 9 aromatic heterocycles. The normalized spacial score (nSPS) is 12.0. The lowest BCUT2D eigenvalue weighted by Crippen LogP contribution is -1.85. The van der Waals surface area contributed by atoms with Gasteiger partial charge in [0.15, 0.2) is 0 Å². The lowest BCUT2D eigenvalue weighted by atomic mass is 10.0. The van der Waals surface area contributed by atoms with Crippen LogP contribution in [0.25, 0.3) is 138 Å². The molecule has 0 fully saturated rings. The minimum absolute atomic E-state index is 0. The molecule has 0 unspecified atom stereocenters. The van der Waals surface area contributed by atoms with Crippen LogP contribution in [0, 0.1) is 0 Å². The van der Waals surface area contributed by atoms with Gasteiger partial charge < -0.3 is 0 Å². The molecule has 0 spiro atoms. The lowest BCUT2D eigenvalue weighted by molar-refractivity contribution is 0.718. The van der Waals surface area contributed by atoms with Crippen LogP contribution >= 0.6 is 102 Å². The molecule has 0 aliphatic carbocycles. The van der Waals surface area contributed by atoms with Gasteiger partial charge in [0.2, 0.25) is 0 Å². The highest BCUT2D eigenvalue weighted by Crippen LogP contribution is 2.54. The Morgan fingerprint density at radius 1 is 0.206 bits per heavy atom. The molecule has 0 saturated carbocycles. The Labute approximate surface area is 612 Å². The number of unbranched alkanes of at least 4 members (excludes halogenated alkanes) is 12. The highest BCUT2D eigenvalue weighted by Gasteiger charge is 2.22. The third-order valence-electron chi connectivity index (χ3n) is 19.9. The maximum Gasteiger partial charge on any atom is 0.0898 e. The van der Waals surface area contributed by atoms with Crippen LogP contribution < -0.4 is 0 Å². The van der Waals surface area contributed by atoms with Gasteiger partial charge in [0, 0.05) is 71.3 Å². The molecule has 502 valence electrons. The van der Waals surface area contributed by atoms with E-state index in [0.717, 1.165) is 0 Å². The van der Waals surface area contributed by atoms with Crippen LogP contribution in [0.3, 0.4) is 0 Å². The van der Waals surface area contributed by atoms with Crippen molar-refractivity contribution in [2.24, 2.45) is 0 Å². The van der Waals surface area contributed by atoms with Gasteiger partial charge in [0.25, 0.3) is 0 Å². The summed E-state index contributed by atoms with van der Waals surface area (Å²) in [6.07, 6.45) is 30.8. The van der Waals surface area contributed by atoms with Crippen molar-refractivity contribution in [2.45, 2.75) is 210 Å². The fraction of sp³-hybridized carbons (Fsp3) is 0.364. The maximum atomic E-state index is 2.45. The standard InChI is InChI=1S/C34H32S3.2C26H28S3.2CH4/c1-3-5-7-9-21-11-13-23-17-27-29(19-25(23)15-21)36-34-31(27)33-32(37-34)28-18-24-14-12-22(10-8-6-4-2)16-26(24)20-30(28)35-33;1-3-5-7-9-17-11-13-19-21(15-17)27-25-23(19)29-24-20-14-12-18(10-8-6-4-2)16-22(20)28-26(24)25;1-3-5-7-9-17-11-13-19-21(15-17)28-26-23(19)25-24(29-26)20-14-12-18(10-8-6-4-2)16-22(20)27-25;;/h11-20H,3-10H2,1-2H3;2*11-16H,3-10H2,1-2H3;2*1H4. The van der Waals surface area contributed by atoms with Crippen molar-refractivity contribution in [3.05, 3.63) is 167 Å². The number of hydrogen-bond acceptors (Lipinski definition) is 9. The van der Waals surface area contributed by atoms with Crippen molar-refractivity contribution in [3.8, 4) is 0 Å². The fourth-order valence-corrected chi connectivity index (χ4v) is 27.5. The number of benzene rings is 8. The van der Waals surface area contributed by atoms with Crippen molar-refractivity contribution in [3.63, 3.8) is 0 Å². The van der Waals surface area contributed by atoms with Crippen LogP contribution in [0.1, 0.15) is 205 Å². The zero-order valence-corrected chi connectivity index (χ0v) is 63.7. The summed E-state index contributed by atoms with van der Waals surface area (Å²) in [7, 11) is 0. The third-order valence-corrected chi connectivity index (χ3v) is 31.4. The Morgan fingerprint density at radius 2 is 0.495 bits per heavy atom. The van der Waals surface area contributed by atoms with Crippen molar-refractivity contribution < 1.29 is 0 Å². The molecular formula is C88H96S9. The van der Waals surface area contributed by atoms with Crippen molar-refractivity contribution in [2.75, 3.05) is 0 Å². The van der Waals surface area contributed by atoms with Gasteiger partial charge in [0.1, 0.15) is 0 Å². The molecule has 8 aromatic carbocycles. The quantitative estimate of drug-likeness (QED) is 0.0529. The largest absolute Gasteiger partial charge is 0.134 e. The minimum atomic E-state index is 0. The number of thiophene rings is 9. The van der Waals surface area contributed by atoms with Crippen LogP contribution in [0.4, 0.5) is 0 Å². The van der Waals surface area contributed by atoms with Crippen LogP contribution in [0.15, 0.2) is 133 Å². The molecule has 9 heterocycles. The monoisotopic (exact) mass is 1440 g/mol. The number of fused-ring (bicyclic) bond motifs is 23. The Morgan fingerprint density at radius 3 is 0.887 bits per heavy atom. The summed E-state index contributed by atoms with van der Waals surface area (Å²) in [4.78, 5) is 0. The predicted molar refractivity (Wildman–Crippen MR) is 458 cm³/mol. The Kier molecular flexibility index (Phi) is 22.9. The molecule has 0 saturated heterocycles. The average Bonchev–Trinajstić information content (AvgIpc) is 1.58. The second kappa shape index (κ2) is 31.7. The molecule has 0 N–H and O–H groups in total. The zero-order chi connectivity index (χ0) is 64.5. The number of aryl methyl sites for hydroxylation is 6. The highest BCUT2D eigenvalue weighted by molar-refractivity contribution is 7.49. The topological polar surface area (TPSA) is 0 Å². The fourth-order valence-electron chi connectivity index (χ4n) is 14.5. The summed E-state index contributed by atoms with van der Waals surface area (Å²) in [5.41, 5.74) is 8.97. The van der Waals surface area contributed by atoms with Crippen LogP contribution in [0.5, 0.6) is 0 Å². The van der Waals surface area contributed by atoms with Gasteiger partial charge in [0.05, 0.1) is 45.6 Å². The molecule has 0 amide bonds. The van der Waals surface area contributed by atoms with Crippen molar-refractivity contribution >= 4 is 240 Å². The summed E-state index contributed by atoms with van der Waals surface area (Å²) in [5, 5.41) is 17.2. The maximum absolute atomic E-state index is 2.45. The lowest BCUT2D eigenvalue weighted by Gasteiger charge is -2.04. The molecule has 0 bridgehead atoms. The second-order valence-corrected chi connectivity index (χ2v) is 36.9. The molecular weight excluding hydrogens is 1350 g/mol. The molecule has 0 aliphatic heterocycles. The highest BCUT2D eigenvalue weighted by atomic mass is 32.2. The first-order valence-electron chi connectivity index (χ1n) is 36.0. The van der Waals surface area contributed by atoms with Crippen LogP contribution in [-0.2, 0) is 38.5 Å². The van der Waals surface area contributed by atoms with Gasteiger partial charge in [-0.05, 0) is 181 Å². The molecule has 0 atom stereocenters. The van der Waals surface area contributed by atoms with Gasteiger partial charge in [-0.1, -0.05) is 218 Å². The smallest absolute Gasteiger partial charge is 0.0898 e. The number of hydrogen-bond donors (Lipinski definition) is 0. The van der Waals surface area contributed by atoms with E-state index in [0.29, 0.717) is 0 Å². The van der Waals surface area contributed by atoms with E-state index in [1.165, 1.54) is 326 Å². The van der Waals surface area contributed by atoms with Crippen LogP contribution in [-0.4, -0.2) is 0 Å². The second-order valence-electron chi connectivity index (χ2n) is 27.0. The minimum Gasteiger partial charge on any atom is -0.134 e. The summed E-state index contributed by atoms with van der Waals surface area (Å²) >= 11 is 18.0. The Hall–Kier alpha value is -5.30. The first kappa shape index (κ1) is 70.1. The summed E-state index contributed by atoms with van der Waals surface area (Å²) in [6, 6.07) is 52.8. The van der Waals surface area contributed by atoms with E-state index in [9.17, 15) is 0 Å². The first-order valence-corrected chi connectivity index (χ1v) is 43.4. The Bertz CT molecular complexity index is 5410. The van der Waals surface area contributed by atoms with Crippen molar-refractivity contribution in [1.29, 1.82) is 0 Å². The molecule has 0 nitrogen and oxygen atoms in total. The van der Waals surface area contributed by atoms with E-state index in [1.54, 1.807) is 0 Å². The van der Waals surface area contributed by atoms with Gasteiger partial charge in [-0.3, -0.25) is 0 Å². The van der Waals surface area contributed by atoms with Gasteiger partial charge in [-0.15, -0.1) is 102 Å². The molecule has 9 heteroatoms.